The molecular weight excluding hydrogens is 386 g/mol. The summed E-state index contributed by atoms with van der Waals surface area (Å²) in [5.41, 5.74) is 1.91. The molecule has 1 aliphatic heterocycles. The summed E-state index contributed by atoms with van der Waals surface area (Å²) in [5, 5.41) is 2.92. The number of piperidine rings is 1. The third kappa shape index (κ3) is 3.62. The Kier molecular flexibility index (Phi) is 4.75. The molecule has 1 aliphatic rings. The smallest absolute Gasteiger partial charge is 0.293 e. The predicted molar refractivity (Wildman–Crippen MR) is 104 cm³/mol. The first kappa shape index (κ1) is 18.1. The van der Waals surface area contributed by atoms with Gasteiger partial charge in [-0.05, 0) is 49.6 Å². The van der Waals surface area contributed by atoms with Crippen LogP contribution in [0.15, 0.2) is 39.8 Å². The van der Waals surface area contributed by atoms with Gasteiger partial charge in [-0.15, -0.1) is 0 Å². The summed E-state index contributed by atoms with van der Waals surface area (Å²) in [5.74, 6) is -0.577. The van der Waals surface area contributed by atoms with Gasteiger partial charge >= 0.3 is 0 Å². The summed E-state index contributed by atoms with van der Waals surface area (Å²) in [6, 6.07) is 8.56. The van der Waals surface area contributed by atoms with Crippen molar-refractivity contribution in [3.05, 3.63) is 41.7 Å². The highest BCUT2D eigenvalue weighted by atomic mass is 32.2. The molecule has 0 radical (unpaired) electrons. The number of amides is 1. The number of nitrogens with one attached hydrogen (secondary N) is 1. The molecule has 9 heteroatoms. The first-order valence-corrected chi connectivity index (χ1v) is 11.0. The van der Waals surface area contributed by atoms with E-state index in [1.54, 1.807) is 0 Å². The van der Waals surface area contributed by atoms with Crippen LogP contribution in [0.5, 0.6) is 0 Å². The van der Waals surface area contributed by atoms with Gasteiger partial charge in [0.25, 0.3) is 15.9 Å². The Labute approximate surface area is 161 Å². The number of nitrogens with zero attached hydrogens (tertiary/aromatic N) is 2. The van der Waals surface area contributed by atoms with E-state index >= 15 is 0 Å². The average Bonchev–Trinajstić information content (AvgIpc) is 3.29. The van der Waals surface area contributed by atoms with E-state index in [-0.39, 0.29) is 10.9 Å². The zero-order valence-electron chi connectivity index (χ0n) is 14.8. The molecule has 0 saturated carbocycles. The van der Waals surface area contributed by atoms with Gasteiger partial charge < -0.3 is 4.42 Å². The monoisotopic (exact) mass is 405 g/mol. The summed E-state index contributed by atoms with van der Waals surface area (Å²) in [7, 11) is -3.70. The molecule has 0 bridgehead atoms. The van der Waals surface area contributed by atoms with Crippen molar-refractivity contribution in [2.75, 3.05) is 18.4 Å². The highest BCUT2D eigenvalue weighted by Crippen LogP contribution is 2.28. The van der Waals surface area contributed by atoms with Crippen LogP contribution < -0.4 is 5.32 Å². The normalized spacial score (nSPS) is 15.9. The molecule has 0 spiro atoms. The van der Waals surface area contributed by atoms with E-state index in [9.17, 15) is 13.2 Å². The Morgan fingerprint density at radius 2 is 1.96 bits per heavy atom. The summed E-state index contributed by atoms with van der Waals surface area (Å²) in [6.07, 6.45) is 2.70. The van der Waals surface area contributed by atoms with E-state index in [1.165, 1.54) is 27.8 Å². The van der Waals surface area contributed by atoms with E-state index in [2.05, 4.69) is 10.3 Å². The first-order chi connectivity index (χ1) is 12.9. The largest absolute Gasteiger partial charge is 0.438 e. The molecule has 142 valence electrons. The van der Waals surface area contributed by atoms with Crippen LogP contribution in [0, 0.1) is 6.92 Å². The average molecular weight is 406 g/mol. The number of carbonyl (C=O) groups excluding carboxylic acids is 1. The van der Waals surface area contributed by atoms with Gasteiger partial charge in [-0.1, -0.05) is 23.8 Å². The topological polar surface area (TPSA) is 92.5 Å². The molecule has 0 aliphatic carbocycles. The fraction of sp³-hybridized carbons (Fsp3) is 0.333. The highest BCUT2D eigenvalue weighted by Gasteiger charge is 2.29. The van der Waals surface area contributed by atoms with Gasteiger partial charge in [0, 0.05) is 13.1 Å². The number of hydrogen-bond donors (Lipinski definition) is 1. The van der Waals surface area contributed by atoms with Crippen molar-refractivity contribution in [2.45, 2.75) is 31.3 Å². The second kappa shape index (κ2) is 7.06. The lowest BCUT2D eigenvalue weighted by atomic mass is 10.2. The maximum atomic E-state index is 12.6. The molecule has 0 unspecified atom stereocenters. The van der Waals surface area contributed by atoms with E-state index in [0.29, 0.717) is 18.2 Å². The fourth-order valence-corrected chi connectivity index (χ4v) is 5.44. The van der Waals surface area contributed by atoms with Crippen molar-refractivity contribution in [3.8, 4) is 0 Å². The van der Waals surface area contributed by atoms with Gasteiger partial charge in [-0.3, -0.25) is 10.1 Å². The molecule has 7 nitrogen and oxygen atoms in total. The number of carbonyl (C=O) groups is 1. The van der Waals surface area contributed by atoms with Crippen molar-refractivity contribution in [1.29, 1.82) is 0 Å². The van der Waals surface area contributed by atoms with Crippen LogP contribution in [0.3, 0.4) is 0 Å². The van der Waals surface area contributed by atoms with Crippen LogP contribution >= 0.6 is 11.3 Å². The summed E-state index contributed by atoms with van der Waals surface area (Å²) in [4.78, 5) is 16.8. The minimum atomic E-state index is -3.70. The Morgan fingerprint density at radius 3 is 2.74 bits per heavy atom. The summed E-state index contributed by atoms with van der Waals surface area (Å²) >= 11 is 1.36. The van der Waals surface area contributed by atoms with Crippen molar-refractivity contribution >= 4 is 42.6 Å². The third-order valence-corrected chi connectivity index (χ3v) is 7.19. The van der Waals surface area contributed by atoms with Crippen molar-refractivity contribution in [2.24, 2.45) is 0 Å². The van der Waals surface area contributed by atoms with Crippen LogP contribution in [-0.4, -0.2) is 36.7 Å². The Morgan fingerprint density at radius 1 is 1.19 bits per heavy atom. The second-order valence-corrected chi connectivity index (χ2v) is 9.43. The highest BCUT2D eigenvalue weighted by molar-refractivity contribution is 7.89. The molecule has 1 saturated heterocycles. The molecule has 4 rings (SSSR count). The van der Waals surface area contributed by atoms with Gasteiger partial charge in [0.1, 0.15) is 0 Å². The number of aryl methyl sites for hydroxylation is 1. The number of furan rings is 1. The summed E-state index contributed by atoms with van der Waals surface area (Å²) < 4.78 is 33.0. The van der Waals surface area contributed by atoms with Crippen LogP contribution in [0.25, 0.3) is 10.2 Å². The first-order valence-electron chi connectivity index (χ1n) is 8.72. The van der Waals surface area contributed by atoms with Crippen LogP contribution in [0.1, 0.15) is 35.4 Å². The predicted octanol–water partition coefficient (Wildman–Crippen LogP) is 3.62. The number of hydrogen-bond acceptors (Lipinski definition) is 6. The Bertz CT molecular complexity index is 1090. The van der Waals surface area contributed by atoms with Crippen molar-refractivity contribution in [1.82, 2.24) is 9.29 Å². The van der Waals surface area contributed by atoms with E-state index < -0.39 is 15.9 Å². The minimum Gasteiger partial charge on any atom is -0.438 e. The second-order valence-electron chi connectivity index (χ2n) is 6.53. The lowest BCUT2D eigenvalue weighted by Crippen LogP contribution is -2.35. The number of fused-ring (bicyclic) bond motifs is 1. The van der Waals surface area contributed by atoms with Crippen molar-refractivity contribution < 1.29 is 17.6 Å². The number of thiazole rings is 1. The van der Waals surface area contributed by atoms with Gasteiger partial charge in [-0.25, -0.2) is 13.4 Å². The molecule has 1 aromatic carbocycles. The third-order valence-electron chi connectivity index (χ3n) is 4.48. The van der Waals surface area contributed by atoms with Gasteiger partial charge in [-0.2, -0.15) is 4.31 Å². The maximum absolute atomic E-state index is 12.6. The number of sulfonamides is 1. The standard InChI is InChI=1S/C18H19N3O4S2/c1-12-5-6-13-15(11-12)26-18(19-13)20-17(22)14-7-8-16(25-14)27(23,24)21-9-3-2-4-10-21/h5-8,11H,2-4,9-10H2,1H3,(H,19,20,22). The molecule has 1 fully saturated rings. The van der Waals surface area contributed by atoms with E-state index in [4.69, 9.17) is 4.42 Å². The summed E-state index contributed by atoms with van der Waals surface area (Å²) in [6.45, 7) is 2.95. The fourth-order valence-electron chi connectivity index (χ4n) is 3.06. The number of anilines is 1. The molecule has 2 aromatic heterocycles. The minimum absolute atomic E-state index is 0.0546. The van der Waals surface area contributed by atoms with Crippen LogP contribution in [-0.2, 0) is 10.0 Å². The van der Waals surface area contributed by atoms with Gasteiger partial charge in [0.05, 0.1) is 10.2 Å². The molecular formula is C18H19N3O4S2. The quantitative estimate of drug-likeness (QED) is 0.716. The van der Waals surface area contributed by atoms with Crippen LogP contribution in [0.4, 0.5) is 5.13 Å². The Balaban J connectivity index is 1.52. The zero-order valence-corrected chi connectivity index (χ0v) is 16.4. The molecule has 3 heterocycles. The lowest BCUT2D eigenvalue weighted by molar-refractivity contribution is 0.0991. The number of aromatic nitrogens is 1. The molecule has 1 amide bonds. The SMILES string of the molecule is Cc1ccc2nc(NC(=O)c3ccc(S(=O)(=O)N4CCCCC4)o3)sc2c1. The molecule has 3 aromatic rings. The number of rotatable bonds is 4. The maximum Gasteiger partial charge on any atom is 0.293 e. The van der Waals surface area contributed by atoms with Gasteiger partial charge in [0.15, 0.2) is 10.9 Å². The number of benzene rings is 1. The van der Waals surface area contributed by atoms with Gasteiger partial charge in [0.2, 0.25) is 5.09 Å². The Hall–Kier alpha value is -2.23. The molecule has 27 heavy (non-hydrogen) atoms. The molecule has 1 N–H and O–H groups in total. The van der Waals surface area contributed by atoms with Crippen LogP contribution in [0.2, 0.25) is 0 Å². The molecule has 0 atom stereocenters. The van der Waals surface area contributed by atoms with E-state index in [0.717, 1.165) is 35.0 Å². The lowest BCUT2D eigenvalue weighted by Gasteiger charge is -2.24. The van der Waals surface area contributed by atoms with E-state index in [1.807, 2.05) is 25.1 Å². The zero-order chi connectivity index (χ0) is 19.0. The van der Waals surface area contributed by atoms with Crippen molar-refractivity contribution in [3.63, 3.8) is 0 Å².